The predicted molar refractivity (Wildman–Crippen MR) is 76.3 cm³/mol. The molecule has 0 saturated carbocycles. The zero-order valence-electron chi connectivity index (χ0n) is 10.5. The van der Waals surface area contributed by atoms with Gasteiger partial charge in [0.25, 0.3) is 5.69 Å². The van der Waals surface area contributed by atoms with Crippen molar-refractivity contribution in [1.82, 2.24) is 4.98 Å². The monoisotopic (exact) mass is 352 g/mol. The van der Waals surface area contributed by atoms with Crippen molar-refractivity contribution in [2.75, 3.05) is 0 Å². The first-order valence-corrected chi connectivity index (χ1v) is 6.51. The van der Waals surface area contributed by atoms with Crippen molar-refractivity contribution in [3.63, 3.8) is 0 Å². The first kappa shape index (κ1) is 14.9. The molecule has 1 aromatic carbocycles. The summed E-state index contributed by atoms with van der Waals surface area (Å²) in [5.74, 6) is -0.835. The lowest BCUT2D eigenvalue weighted by Crippen LogP contribution is -2.01. The minimum Gasteiger partial charge on any atom is -0.487 e. The van der Waals surface area contributed by atoms with Crippen molar-refractivity contribution < 1.29 is 19.6 Å². The van der Waals surface area contributed by atoms with E-state index in [4.69, 9.17) is 9.84 Å². The Labute approximate surface area is 127 Å². The standard InChI is InChI=1S/C13H9BrN2O5/c14-12-8(2-1-3-11(12)16(19)20)7-21-10-4-9(13(17)18)5-15-6-10/h1-6H,7H2,(H,17,18). The lowest BCUT2D eigenvalue weighted by molar-refractivity contribution is -0.385. The van der Waals surface area contributed by atoms with Crippen LogP contribution in [0.2, 0.25) is 0 Å². The average molecular weight is 353 g/mol. The molecule has 21 heavy (non-hydrogen) atoms. The lowest BCUT2D eigenvalue weighted by atomic mass is 10.2. The molecular formula is C13H9BrN2O5. The number of carboxylic acid groups (broad SMARTS) is 1. The summed E-state index contributed by atoms with van der Waals surface area (Å²) in [6.07, 6.45) is 2.58. The molecule has 2 aromatic rings. The van der Waals surface area contributed by atoms with Crippen molar-refractivity contribution in [3.05, 3.63) is 62.4 Å². The maximum Gasteiger partial charge on any atom is 0.337 e. The molecule has 0 saturated heterocycles. The second-order valence-corrected chi connectivity index (χ2v) is 4.80. The van der Waals surface area contributed by atoms with E-state index >= 15 is 0 Å². The number of halogens is 1. The Kier molecular flexibility index (Phi) is 4.49. The van der Waals surface area contributed by atoms with Crippen molar-refractivity contribution in [1.29, 1.82) is 0 Å². The van der Waals surface area contributed by atoms with Crippen LogP contribution in [0.15, 0.2) is 41.1 Å². The predicted octanol–water partition coefficient (Wildman–Crippen LogP) is 3.03. The molecule has 1 heterocycles. The van der Waals surface area contributed by atoms with Crippen molar-refractivity contribution in [3.8, 4) is 5.75 Å². The summed E-state index contributed by atoms with van der Waals surface area (Å²) < 4.78 is 5.75. The second-order valence-electron chi connectivity index (χ2n) is 4.01. The quantitative estimate of drug-likeness (QED) is 0.655. The van der Waals surface area contributed by atoms with Gasteiger partial charge in [-0.05, 0) is 22.0 Å². The highest BCUT2D eigenvalue weighted by Crippen LogP contribution is 2.29. The topological polar surface area (TPSA) is 103 Å². The molecule has 0 bridgehead atoms. The zero-order chi connectivity index (χ0) is 15.4. The first-order chi connectivity index (χ1) is 9.99. The van der Waals surface area contributed by atoms with Gasteiger partial charge in [-0.3, -0.25) is 15.1 Å². The molecule has 1 N–H and O–H groups in total. The summed E-state index contributed by atoms with van der Waals surface area (Å²) in [4.78, 5) is 24.9. The molecule has 0 aliphatic heterocycles. The Balaban J connectivity index is 2.17. The number of hydrogen-bond donors (Lipinski definition) is 1. The van der Waals surface area contributed by atoms with Gasteiger partial charge in [-0.25, -0.2) is 4.79 Å². The fourth-order valence-corrected chi connectivity index (χ4v) is 2.12. The van der Waals surface area contributed by atoms with Gasteiger partial charge in [-0.15, -0.1) is 0 Å². The lowest BCUT2D eigenvalue weighted by Gasteiger charge is -2.08. The van der Waals surface area contributed by atoms with Crippen LogP contribution in [0, 0.1) is 10.1 Å². The highest BCUT2D eigenvalue weighted by atomic mass is 79.9. The number of hydrogen-bond acceptors (Lipinski definition) is 5. The molecule has 8 heteroatoms. The van der Waals surface area contributed by atoms with Gasteiger partial charge in [-0.1, -0.05) is 12.1 Å². The number of aromatic nitrogens is 1. The molecule has 0 spiro atoms. The Morgan fingerprint density at radius 2 is 2.19 bits per heavy atom. The number of nitro groups is 1. The summed E-state index contributed by atoms with van der Waals surface area (Å²) in [6.45, 7) is 0.0486. The minimum atomic E-state index is -1.11. The van der Waals surface area contributed by atoms with Crippen molar-refractivity contribution in [2.45, 2.75) is 6.61 Å². The Bertz CT molecular complexity index is 705. The number of nitrogens with zero attached hydrogens (tertiary/aromatic N) is 2. The second kappa shape index (κ2) is 6.31. The number of aromatic carboxylic acids is 1. The van der Waals surface area contributed by atoms with Gasteiger partial charge in [0.2, 0.25) is 0 Å². The number of benzene rings is 1. The zero-order valence-corrected chi connectivity index (χ0v) is 12.1. The average Bonchev–Trinajstić information content (AvgIpc) is 2.46. The normalized spacial score (nSPS) is 10.1. The SMILES string of the molecule is O=C(O)c1cncc(OCc2cccc([N+](=O)[O-])c2Br)c1. The molecular weight excluding hydrogens is 344 g/mol. The Morgan fingerprint density at radius 1 is 1.43 bits per heavy atom. The van der Waals surface area contributed by atoms with E-state index in [2.05, 4.69) is 20.9 Å². The van der Waals surface area contributed by atoms with Crippen LogP contribution in [0.25, 0.3) is 0 Å². The maximum absolute atomic E-state index is 10.8. The molecule has 2 rings (SSSR count). The van der Waals surface area contributed by atoms with Crippen molar-refractivity contribution >= 4 is 27.6 Å². The summed E-state index contributed by atoms with van der Waals surface area (Å²) in [5, 5.41) is 19.7. The molecule has 0 amide bonds. The molecule has 0 fully saturated rings. The van der Waals surface area contributed by atoms with E-state index in [9.17, 15) is 14.9 Å². The number of carbonyl (C=O) groups is 1. The fraction of sp³-hybridized carbons (Fsp3) is 0.0769. The molecule has 7 nitrogen and oxygen atoms in total. The van der Waals surface area contributed by atoms with Crippen LogP contribution in [0.5, 0.6) is 5.75 Å². The van der Waals surface area contributed by atoms with E-state index in [0.717, 1.165) is 0 Å². The van der Waals surface area contributed by atoms with Crippen molar-refractivity contribution in [2.24, 2.45) is 0 Å². The van der Waals surface area contributed by atoms with Gasteiger partial charge in [0.15, 0.2) is 0 Å². The third-order valence-corrected chi connectivity index (χ3v) is 3.52. The van der Waals surface area contributed by atoms with Crippen LogP contribution in [-0.4, -0.2) is 21.0 Å². The molecule has 1 aromatic heterocycles. The van der Waals surface area contributed by atoms with Crippen LogP contribution in [0.1, 0.15) is 15.9 Å². The van der Waals surface area contributed by atoms with E-state index in [1.54, 1.807) is 12.1 Å². The summed E-state index contributed by atoms with van der Waals surface area (Å²) in [5.41, 5.74) is 0.518. The smallest absolute Gasteiger partial charge is 0.337 e. The fourth-order valence-electron chi connectivity index (χ4n) is 1.59. The summed E-state index contributed by atoms with van der Waals surface area (Å²) >= 11 is 3.16. The van der Waals surface area contributed by atoms with Gasteiger partial charge in [-0.2, -0.15) is 0 Å². The molecule has 0 aliphatic carbocycles. The summed E-state index contributed by atoms with van der Waals surface area (Å²) in [7, 11) is 0. The van der Waals surface area contributed by atoms with Gasteiger partial charge >= 0.3 is 5.97 Å². The van der Waals surface area contributed by atoms with E-state index in [1.807, 2.05) is 0 Å². The molecule has 0 aliphatic rings. The maximum atomic E-state index is 10.8. The van der Waals surface area contributed by atoms with Crippen LogP contribution in [-0.2, 0) is 6.61 Å². The van der Waals surface area contributed by atoms with Crippen LogP contribution < -0.4 is 4.74 Å². The summed E-state index contributed by atoms with van der Waals surface area (Å²) in [6, 6.07) is 5.93. The Hall–Kier alpha value is -2.48. The highest BCUT2D eigenvalue weighted by Gasteiger charge is 2.15. The van der Waals surface area contributed by atoms with Gasteiger partial charge < -0.3 is 9.84 Å². The number of nitro benzene ring substituents is 1. The van der Waals surface area contributed by atoms with Crippen LogP contribution in [0.4, 0.5) is 5.69 Å². The number of ether oxygens (including phenoxy) is 1. The van der Waals surface area contributed by atoms with Gasteiger partial charge in [0, 0.05) is 17.8 Å². The third-order valence-electron chi connectivity index (χ3n) is 2.61. The van der Waals surface area contributed by atoms with E-state index in [1.165, 1.54) is 24.5 Å². The Morgan fingerprint density at radius 3 is 2.86 bits per heavy atom. The highest BCUT2D eigenvalue weighted by molar-refractivity contribution is 9.10. The first-order valence-electron chi connectivity index (χ1n) is 5.72. The molecule has 0 atom stereocenters. The molecule has 0 unspecified atom stereocenters. The van der Waals surface area contributed by atoms with Gasteiger partial charge in [0.1, 0.15) is 16.8 Å². The third kappa shape index (κ3) is 3.54. The van der Waals surface area contributed by atoms with Crippen LogP contribution >= 0.6 is 15.9 Å². The van der Waals surface area contributed by atoms with Crippen LogP contribution in [0.3, 0.4) is 0 Å². The molecule has 108 valence electrons. The number of pyridine rings is 1. The van der Waals surface area contributed by atoms with E-state index in [0.29, 0.717) is 10.0 Å². The van der Waals surface area contributed by atoms with E-state index < -0.39 is 10.9 Å². The number of rotatable bonds is 5. The number of carboxylic acids is 1. The minimum absolute atomic E-state index is 0.00519. The molecule has 0 radical (unpaired) electrons. The van der Waals surface area contributed by atoms with E-state index in [-0.39, 0.29) is 23.6 Å². The van der Waals surface area contributed by atoms with Gasteiger partial charge in [0.05, 0.1) is 16.7 Å². The largest absolute Gasteiger partial charge is 0.487 e.